The van der Waals surface area contributed by atoms with E-state index in [-0.39, 0.29) is 18.2 Å². The molecule has 0 saturated carbocycles. The van der Waals surface area contributed by atoms with Gasteiger partial charge in [-0.1, -0.05) is 33.2 Å². The molecule has 2 aromatic carbocycles. The molecule has 0 saturated heterocycles. The number of halogens is 2. The van der Waals surface area contributed by atoms with Gasteiger partial charge in [0.2, 0.25) is 0 Å². The fourth-order valence-electron chi connectivity index (χ4n) is 1.58. The number of oxime groups is 1. The number of benzene rings is 2. The van der Waals surface area contributed by atoms with Crippen molar-refractivity contribution in [1.82, 2.24) is 0 Å². The molecule has 0 aromatic heterocycles. The van der Waals surface area contributed by atoms with Crippen molar-refractivity contribution in [2.24, 2.45) is 10.9 Å². The molecule has 0 fully saturated rings. The van der Waals surface area contributed by atoms with E-state index in [4.69, 9.17) is 15.7 Å². The van der Waals surface area contributed by atoms with Gasteiger partial charge in [-0.25, -0.2) is 4.39 Å². The second-order valence-electron chi connectivity index (χ2n) is 4.05. The third-order valence-electron chi connectivity index (χ3n) is 2.64. The molecule has 0 aliphatic carbocycles. The normalized spacial score (nSPS) is 11.4. The zero-order chi connectivity index (χ0) is 14.5. The summed E-state index contributed by atoms with van der Waals surface area (Å²) in [4.78, 5) is 0. The highest BCUT2D eigenvalue weighted by molar-refractivity contribution is 9.10. The Bertz CT molecular complexity index is 630. The summed E-state index contributed by atoms with van der Waals surface area (Å²) in [5.74, 6) is -0.600. The van der Waals surface area contributed by atoms with Crippen LogP contribution in [0.1, 0.15) is 11.1 Å². The summed E-state index contributed by atoms with van der Waals surface area (Å²) >= 11 is 3.34. The lowest BCUT2D eigenvalue weighted by Crippen LogP contribution is -2.13. The minimum atomic E-state index is -0.564. The molecule has 0 bridgehead atoms. The Balaban J connectivity index is 2.08. The number of hydrogen-bond acceptors (Lipinski definition) is 3. The van der Waals surface area contributed by atoms with Crippen molar-refractivity contribution in [3.8, 4) is 5.75 Å². The van der Waals surface area contributed by atoms with Gasteiger partial charge >= 0.3 is 0 Å². The lowest BCUT2D eigenvalue weighted by atomic mass is 10.2. The van der Waals surface area contributed by atoms with Crippen molar-refractivity contribution in [3.05, 3.63) is 63.9 Å². The van der Waals surface area contributed by atoms with E-state index >= 15 is 0 Å². The Morgan fingerprint density at radius 3 is 2.55 bits per heavy atom. The third-order valence-corrected chi connectivity index (χ3v) is 3.17. The molecule has 2 aromatic rings. The maximum Gasteiger partial charge on any atom is 0.170 e. The van der Waals surface area contributed by atoms with Crippen molar-refractivity contribution in [3.63, 3.8) is 0 Å². The zero-order valence-corrected chi connectivity index (χ0v) is 12.0. The number of nitrogens with two attached hydrogens (primary N) is 1. The third kappa shape index (κ3) is 3.48. The van der Waals surface area contributed by atoms with Gasteiger partial charge in [-0.3, -0.25) is 0 Å². The largest absolute Gasteiger partial charge is 0.486 e. The van der Waals surface area contributed by atoms with Gasteiger partial charge in [-0.15, -0.1) is 0 Å². The quantitative estimate of drug-likeness (QED) is 0.389. The van der Waals surface area contributed by atoms with Crippen LogP contribution in [0, 0.1) is 5.82 Å². The van der Waals surface area contributed by atoms with Gasteiger partial charge < -0.3 is 15.7 Å². The van der Waals surface area contributed by atoms with Crippen LogP contribution in [0.2, 0.25) is 0 Å². The number of rotatable bonds is 4. The molecule has 3 N–H and O–H groups in total. The van der Waals surface area contributed by atoms with Crippen molar-refractivity contribution in [1.29, 1.82) is 0 Å². The molecule has 0 atom stereocenters. The van der Waals surface area contributed by atoms with Crippen molar-refractivity contribution in [2.75, 3.05) is 0 Å². The topological polar surface area (TPSA) is 67.8 Å². The van der Waals surface area contributed by atoms with Crippen LogP contribution < -0.4 is 10.5 Å². The monoisotopic (exact) mass is 338 g/mol. The number of ether oxygens (including phenoxy) is 1. The predicted octanol–water partition coefficient (Wildman–Crippen LogP) is 3.26. The smallest absolute Gasteiger partial charge is 0.170 e. The maximum absolute atomic E-state index is 13.8. The van der Waals surface area contributed by atoms with Gasteiger partial charge in [0, 0.05) is 10.0 Å². The Labute approximate surface area is 123 Å². The zero-order valence-electron chi connectivity index (χ0n) is 10.4. The summed E-state index contributed by atoms with van der Waals surface area (Å²) in [5.41, 5.74) is 6.60. The molecule has 0 unspecified atom stereocenters. The molecule has 20 heavy (non-hydrogen) atoms. The van der Waals surface area contributed by atoms with E-state index in [9.17, 15) is 4.39 Å². The predicted molar refractivity (Wildman–Crippen MR) is 77.4 cm³/mol. The van der Waals surface area contributed by atoms with E-state index in [1.165, 1.54) is 12.1 Å². The second-order valence-corrected chi connectivity index (χ2v) is 4.96. The SMILES string of the molecule is N/C(=N/O)c1ccc(OCc2ccc(Br)cc2)c(F)c1. The first-order valence-electron chi connectivity index (χ1n) is 5.75. The van der Waals surface area contributed by atoms with Gasteiger partial charge in [0.15, 0.2) is 17.4 Å². The molecule has 0 spiro atoms. The Kier molecular flexibility index (Phi) is 4.57. The minimum Gasteiger partial charge on any atom is -0.486 e. The number of nitrogens with zero attached hydrogens (tertiary/aromatic N) is 1. The average Bonchev–Trinajstić information content (AvgIpc) is 2.46. The van der Waals surface area contributed by atoms with Gasteiger partial charge in [0.25, 0.3) is 0 Å². The molecule has 2 rings (SSSR count). The van der Waals surface area contributed by atoms with Crippen molar-refractivity contribution in [2.45, 2.75) is 6.61 Å². The highest BCUT2D eigenvalue weighted by Gasteiger charge is 2.07. The Morgan fingerprint density at radius 2 is 1.95 bits per heavy atom. The molecule has 6 heteroatoms. The molecule has 0 aliphatic rings. The molecular formula is C14H12BrFN2O2. The van der Waals surface area contributed by atoms with Gasteiger partial charge in [-0.05, 0) is 35.9 Å². The van der Waals surface area contributed by atoms with Crippen LogP contribution in [0.4, 0.5) is 4.39 Å². The fourth-order valence-corrected chi connectivity index (χ4v) is 1.84. The minimum absolute atomic E-state index is 0.113. The van der Waals surface area contributed by atoms with E-state index in [1.807, 2.05) is 24.3 Å². The van der Waals surface area contributed by atoms with Crippen LogP contribution >= 0.6 is 15.9 Å². The first-order chi connectivity index (χ1) is 9.60. The molecule has 104 valence electrons. The maximum atomic E-state index is 13.8. The van der Waals surface area contributed by atoms with Crippen LogP contribution in [0.3, 0.4) is 0 Å². The fraction of sp³-hybridized carbons (Fsp3) is 0.0714. The number of hydrogen-bond donors (Lipinski definition) is 2. The molecule has 4 nitrogen and oxygen atoms in total. The molecule has 0 radical (unpaired) electrons. The van der Waals surface area contributed by atoms with Gasteiger partial charge in [0.1, 0.15) is 6.61 Å². The van der Waals surface area contributed by atoms with Crippen LogP contribution in [0.5, 0.6) is 5.75 Å². The summed E-state index contributed by atoms with van der Waals surface area (Å²) < 4.78 is 20.2. The van der Waals surface area contributed by atoms with E-state index in [1.54, 1.807) is 0 Å². The highest BCUT2D eigenvalue weighted by atomic mass is 79.9. The van der Waals surface area contributed by atoms with Gasteiger partial charge in [-0.2, -0.15) is 0 Å². The molecular weight excluding hydrogens is 327 g/mol. The number of amidine groups is 1. The lowest BCUT2D eigenvalue weighted by Gasteiger charge is -2.08. The Morgan fingerprint density at radius 1 is 1.25 bits per heavy atom. The standard InChI is InChI=1S/C14H12BrFN2O2/c15-11-4-1-9(2-5-11)8-20-13-6-3-10(7-12(13)16)14(17)18-19/h1-7,19H,8H2,(H2,17,18). The second kappa shape index (κ2) is 6.38. The molecule has 0 heterocycles. The summed E-state index contributed by atoms with van der Waals surface area (Å²) in [6.07, 6.45) is 0. The summed E-state index contributed by atoms with van der Waals surface area (Å²) in [6, 6.07) is 11.7. The van der Waals surface area contributed by atoms with Crippen LogP contribution in [-0.2, 0) is 6.61 Å². The lowest BCUT2D eigenvalue weighted by molar-refractivity contribution is 0.290. The van der Waals surface area contributed by atoms with Crippen LogP contribution in [-0.4, -0.2) is 11.0 Å². The van der Waals surface area contributed by atoms with Crippen molar-refractivity contribution < 1.29 is 14.3 Å². The van der Waals surface area contributed by atoms with Crippen LogP contribution in [0.25, 0.3) is 0 Å². The van der Waals surface area contributed by atoms with E-state index < -0.39 is 5.82 Å². The van der Waals surface area contributed by atoms with Crippen molar-refractivity contribution >= 4 is 21.8 Å². The van der Waals surface area contributed by atoms with Crippen LogP contribution in [0.15, 0.2) is 52.1 Å². The van der Waals surface area contributed by atoms with E-state index in [0.29, 0.717) is 5.56 Å². The van der Waals surface area contributed by atoms with Gasteiger partial charge in [0.05, 0.1) is 0 Å². The first-order valence-corrected chi connectivity index (χ1v) is 6.54. The molecule has 0 amide bonds. The molecule has 0 aliphatic heterocycles. The summed E-state index contributed by atoms with van der Waals surface area (Å²) in [7, 11) is 0. The Hall–Kier alpha value is -2.08. The van der Waals surface area contributed by atoms with E-state index in [2.05, 4.69) is 21.1 Å². The highest BCUT2D eigenvalue weighted by Crippen LogP contribution is 2.20. The first kappa shape index (κ1) is 14.3. The average molecular weight is 339 g/mol. The summed E-state index contributed by atoms with van der Waals surface area (Å²) in [6.45, 7) is 0.257. The van der Waals surface area contributed by atoms with E-state index in [0.717, 1.165) is 16.1 Å². The summed E-state index contributed by atoms with van der Waals surface area (Å²) in [5, 5.41) is 11.3.